The molecule has 2 rings (SSSR count). The summed E-state index contributed by atoms with van der Waals surface area (Å²) >= 11 is 0. The molecule has 0 heterocycles. The predicted molar refractivity (Wildman–Crippen MR) is 84.2 cm³/mol. The van der Waals surface area contributed by atoms with Crippen LogP contribution in [0.1, 0.15) is 12.5 Å². The first-order valence-electron chi connectivity index (χ1n) is 7.43. The zero-order valence-corrected chi connectivity index (χ0v) is 13.0. The first-order valence-corrected chi connectivity index (χ1v) is 7.43. The lowest BCUT2D eigenvalue weighted by Gasteiger charge is -2.09. The molecule has 0 amide bonds. The van der Waals surface area contributed by atoms with Gasteiger partial charge in [-0.25, -0.2) is 9.18 Å². The maximum absolute atomic E-state index is 13.3. The Bertz CT molecular complexity index is 642. The summed E-state index contributed by atoms with van der Waals surface area (Å²) in [5.74, 6) is -0.321. The van der Waals surface area contributed by atoms with E-state index >= 15 is 0 Å². The van der Waals surface area contributed by atoms with Crippen LogP contribution in [0.15, 0.2) is 48.5 Å². The molecule has 0 spiro atoms. The van der Waals surface area contributed by atoms with Gasteiger partial charge in [0.1, 0.15) is 19.0 Å². The number of aryl methyl sites for hydroxylation is 1. The van der Waals surface area contributed by atoms with Crippen molar-refractivity contribution in [2.24, 2.45) is 0 Å². The minimum Gasteiger partial charge on any atom is -0.490 e. The monoisotopic (exact) mass is 318 g/mol. The molecule has 0 aliphatic carbocycles. The van der Waals surface area contributed by atoms with E-state index in [1.807, 2.05) is 24.3 Å². The number of benzene rings is 2. The minimum atomic E-state index is -0.570. The van der Waals surface area contributed by atoms with Crippen molar-refractivity contribution < 1.29 is 23.4 Å². The number of para-hydroxylation sites is 1. The van der Waals surface area contributed by atoms with Crippen molar-refractivity contribution in [3.63, 3.8) is 0 Å². The van der Waals surface area contributed by atoms with Crippen molar-refractivity contribution >= 4 is 5.97 Å². The molecule has 0 saturated heterocycles. The van der Waals surface area contributed by atoms with Crippen molar-refractivity contribution in [1.82, 2.24) is 0 Å². The van der Waals surface area contributed by atoms with Gasteiger partial charge in [-0.1, -0.05) is 31.2 Å². The number of ether oxygens (including phenoxy) is 3. The number of hydrogen-bond donors (Lipinski definition) is 0. The van der Waals surface area contributed by atoms with E-state index in [-0.39, 0.29) is 25.6 Å². The third-order valence-electron chi connectivity index (χ3n) is 3.10. The highest BCUT2D eigenvalue weighted by molar-refractivity contribution is 5.71. The third kappa shape index (κ3) is 5.62. The predicted octanol–water partition coefficient (Wildman–Crippen LogP) is 3.39. The van der Waals surface area contributed by atoms with E-state index in [0.717, 1.165) is 12.2 Å². The van der Waals surface area contributed by atoms with Crippen LogP contribution >= 0.6 is 0 Å². The second kappa shape index (κ2) is 8.78. The van der Waals surface area contributed by atoms with Crippen LogP contribution in [-0.2, 0) is 16.0 Å². The summed E-state index contributed by atoms with van der Waals surface area (Å²) in [6.07, 6.45) is 0.930. The van der Waals surface area contributed by atoms with Gasteiger partial charge < -0.3 is 14.2 Å². The SMILES string of the molecule is CCc1cccc(OCCOC(=O)COc2ccccc2F)c1. The Kier molecular flexibility index (Phi) is 6.41. The molecular weight excluding hydrogens is 299 g/mol. The molecule has 0 aromatic heterocycles. The lowest BCUT2D eigenvalue weighted by molar-refractivity contribution is -0.146. The Morgan fingerprint density at radius 3 is 2.65 bits per heavy atom. The fraction of sp³-hybridized carbons (Fsp3) is 0.278. The number of carbonyl (C=O) groups is 1. The van der Waals surface area contributed by atoms with E-state index in [9.17, 15) is 9.18 Å². The normalized spacial score (nSPS) is 10.2. The van der Waals surface area contributed by atoms with Gasteiger partial charge in [0.15, 0.2) is 18.2 Å². The topological polar surface area (TPSA) is 44.8 Å². The molecule has 23 heavy (non-hydrogen) atoms. The Morgan fingerprint density at radius 1 is 1.04 bits per heavy atom. The van der Waals surface area contributed by atoms with Gasteiger partial charge in [-0.2, -0.15) is 0 Å². The van der Waals surface area contributed by atoms with E-state index in [2.05, 4.69) is 6.92 Å². The lowest BCUT2D eigenvalue weighted by atomic mass is 10.2. The summed E-state index contributed by atoms with van der Waals surface area (Å²) in [6, 6.07) is 13.6. The molecule has 4 nitrogen and oxygen atoms in total. The number of esters is 1. The average Bonchev–Trinajstić information content (AvgIpc) is 2.58. The number of halogens is 1. The molecule has 0 aliphatic rings. The van der Waals surface area contributed by atoms with Gasteiger partial charge in [0, 0.05) is 0 Å². The first-order chi connectivity index (χ1) is 11.2. The van der Waals surface area contributed by atoms with Crippen LogP contribution in [0.5, 0.6) is 11.5 Å². The molecular formula is C18H19FO4. The highest BCUT2D eigenvalue weighted by atomic mass is 19.1. The lowest BCUT2D eigenvalue weighted by Crippen LogP contribution is -2.18. The van der Waals surface area contributed by atoms with E-state index in [4.69, 9.17) is 14.2 Å². The first kappa shape index (κ1) is 16.8. The van der Waals surface area contributed by atoms with Crippen LogP contribution in [0, 0.1) is 5.82 Å². The zero-order valence-electron chi connectivity index (χ0n) is 13.0. The third-order valence-corrected chi connectivity index (χ3v) is 3.10. The summed E-state index contributed by atoms with van der Waals surface area (Å²) in [5, 5.41) is 0. The van der Waals surface area contributed by atoms with Crippen molar-refractivity contribution in [3.05, 3.63) is 59.9 Å². The summed E-state index contributed by atoms with van der Waals surface area (Å²) in [7, 11) is 0. The highest BCUT2D eigenvalue weighted by Crippen LogP contribution is 2.15. The van der Waals surface area contributed by atoms with Crippen molar-refractivity contribution in [1.29, 1.82) is 0 Å². The van der Waals surface area contributed by atoms with Crippen LogP contribution < -0.4 is 9.47 Å². The smallest absolute Gasteiger partial charge is 0.344 e. The zero-order chi connectivity index (χ0) is 16.5. The molecule has 5 heteroatoms. The molecule has 0 saturated carbocycles. The fourth-order valence-electron chi connectivity index (χ4n) is 1.91. The molecule has 0 atom stereocenters. The molecule has 0 bridgehead atoms. The Balaban J connectivity index is 1.66. The number of carbonyl (C=O) groups excluding carboxylic acids is 1. The summed E-state index contributed by atoms with van der Waals surface area (Å²) in [5.41, 5.74) is 1.18. The maximum Gasteiger partial charge on any atom is 0.344 e. The fourth-order valence-corrected chi connectivity index (χ4v) is 1.91. The number of rotatable bonds is 8. The average molecular weight is 318 g/mol. The van der Waals surface area contributed by atoms with Gasteiger partial charge >= 0.3 is 5.97 Å². The Hall–Kier alpha value is -2.56. The van der Waals surface area contributed by atoms with E-state index < -0.39 is 11.8 Å². The van der Waals surface area contributed by atoms with E-state index in [1.165, 1.54) is 17.7 Å². The van der Waals surface area contributed by atoms with Crippen LogP contribution in [0.2, 0.25) is 0 Å². The molecule has 2 aromatic rings. The standard InChI is InChI=1S/C18H19FO4/c1-2-14-6-5-7-15(12-14)21-10-11-22-18(20)13-23-17-9-4-3-8-16(17)19/h3-9,12H,2,10-11,13H2,1H3. The van der Waals surface area contributed by atoms with Crippen molar-refractivity contribution in [3.8, 4) is 11.5 Å². The van der Waals surface area contributed by atoms with E-state index in [1.54, 1.807) is 12.1 Å². The largest absolute Gasteiger partial charge is 0.490 e. The molecule has 0 unspecified atom stereocenters. The second-order valence-electron chi connectivity index (χ2n) is 4.79. The van der Waals surface area contributed by atoms with E-state index in [0.29, 0.717) is 0 Å². The highest BCUT2D eigenvalue weighted by Gasteiger charge is 2.07. The quantitative estimate of drug-likeness (QED) is 0.553. The molecule has 0 radical (unpaired) electrons. The minimum absolute atomic E-state index is 0.0251. The maximum atomic E-state index is 13.3. The van der Waals surface area contributed by atoms with Crippen LogP contribution in [0.3, 0.4) is 0 Å². The second-order valence-corrected chi connectivity index (χ2v) is 4.79. The summed E-state index contributed by atoms with van der Waals surface area (Å²) < 4.78 is 28.8. The van der Waals surface area contributed by atoms with Crippen LogP contribution in [0.25, 0.3) is 0 Å². The van der Waals surface area contributed by atoms with Crippen molar-refractivity contribution in [2.45, 2.75) is 13.3 Å². The Labute approximate surface area is 134 Å². The van der Waals surface area contributed by atoms with Gasteiger partial charge in [-0.15, -0.1) is 0 Å². The van der Waals surface area contributed by atoms with Gasteiger partial charge in [0.25, 0.3) is 0 Å². The van der Waals surface area contributed by atoms with Gasteiger partial charge in [0.05, 0.1) is 0 Å². The molecule has 122 valence electrons. The van der Waals surface area contributed by atoms with Crippen LogP contribution in [0.4, 0.5) is 4.39 Å². The summed E-state index contributed by atoms with van der Waals surface area (Å²) in [4.78, 5) is 11.5. The molecule has 0 fully saturated rings. The van der Waals surface area contributed by atoms with Crippen molar-refractivity contribution in [2.75, 3.05) is 19.8 Å². The molecule has 0 N–H and O–H groups in total. The van der Waals surface area contributed by atoms with Gasteiger partial charge in [-0.05, 0) is 36.2 Å². The summed E-state index contributed by atoms with van der Waals surface area (Å²) in [6.45, 7) is 2.08. The Morgan fingerprint density at radius 2 is 1.87 bits per heavy atom. The van der Waals surface area contributed by atoms with Crippen LogP contribution in [-0.4, -0.2) is 25.8 Å². The molecule has 0 aliphatic heterocycles. The van der Waals surface area contributed by atoms with Gasteiger partial charge in [-0.3, -0.25) is 0 Å². The molecule has 2 aromatic carbocycles. The van der Waals surface area contributed by atoms with Gasteiger partial charge in [0.2, 0.25) is 0 Å². The number of hydrogen-bond acceptors (Lipinski definition) is 4.